The van der Waals surface area contributed by atoms with Gasteiger partial charge in [0.25, 0.3) is 0 Å². The standard InChI is InChI=1S/C13H16BNO2.C13H4F5N.C7H3BrF4/c1-12(2)13(3,4)17-14(16-12)11-7-5-6-10(8-11)9-15;14-9-8(7-3-1-2-6(4-7)5-19)10(15)12(17)13(18)11(9)16;1-2-4(9)3(8)6(11)7(12)5(2)10/h5-8H,1-4H3;1-4H;1H3. The SMILES string of the molecule is CC1(C)OB(c2cccc(C#N)c2)OC1(C)C.Cc1c(F)c(F)c(F)c(Br)c1F.N#Cc1cccc(-c2c(F)c(F)c(F)c(F)c2F)c1. The van der Waals surface area contributed by atoms with E-state index >= 15 is 0 Å². The third kappa shape index (κ3) is 7.70. The van der Waals surface area contributed by atoms with Crippen LogP contribution in [0.5, 0.6) is 0 Å². The van der Waals surface area contributed by atoms with Gasteiger partial charge in [0.15, 0.2) is 40.7 Å². The molecule has 48 heavy (non-hydrogen) atoms. The van der Waals surface area contributed by atoms with Gasteiger partial charge in [0.1, 0.15) is 5.82 Å². The fourth-order valence-corrected chi connectivity index (χ4v) is 4.52. The summed E-state index contributed by atoms with van der Waals surface area (Å²) in [7, 11) is -0.395. The van der Waals surface area contributed by atoms with Gasteiger partial charge in [-0.15, -0.1) is 0 Å². The number of rotatable bonds is 2. The molecule has 1 aliphatic rings. The summed E-state index contributed by atoms with van der Waals surface area (Å²) in [4.78, 5) is 0. The summed E-state index contributed by atoms with van der Waals surface area (Å²) in [6.07, 6.45) is 0. The number of nitrogens with zero attached hydrogens (tertiary/aromatic N) is 2. The Hall–Kier alpha value is -4.31. The zero-order valence-electron chi connectivity index (χ0n) is 25.7. The average molecular weight is 741 g/mol. The molecule has 0 saturated carbocycles. The fourth-order valence-electron chi connectivity index (χ4n) is 4.05. The lowest BCUT2D eigenvalue weighted by molar-refractivity contribution is 0.00578. The zero-order chi connectivity index (χ0) is 36.3. The molecule has 0 unspecified atom stereocenters. The molecule has 4 aromatic rings. The maximum atomic E-state index is 13.5. The minimum atomic E-state index is -2.21. The zero-order valence-corrected chi connectivity index (χ0v) is 27.3. The van der Waals surface area contributed by atoms with Crippen molar-refractivity contribution < 1.29 is 48.8 Å². The van der Waals surface area contributed by atoms with Crippen molar-refractivity contribution in [1.29, 1.82) is 10.5 Å². The summed E-state index contributed by atoms with van der Waals surface area (Å²) in [5.74, 6) is -15.9. The van der Waals surface area contributed by atoms with Crippen LogP contribution in [0.1, 0.15) is 44.4 Å². The molecule has 1 aliphatic heterocycles. The Kier molecular flexibility index (Phi) is 11.8. The largest absolute Gasteiger partial charge is 0.494 e. The molecule has 0 atom stereocenters. The van der Waals surface area contributed by atoms with Crippen LogP contribution in [-0.4, -0.2) is 18.3 Å². The summed E-state index contributed by atoms with van der Waals surface area (Å²) in [5, 5.41) is 17.5. The highest BCUT2D eigenvalue weighted by Crippen LogP contribution is 2.36. The molecular formula is C33H23BBrF9N2O2. The van der Waals surface area contributed by atoms with Crippen molar-refractivity contribution in [2.75, 3.05) is 0 Å². The maximum Gasteiger partial charge on any atom is 0.494 e. The van der Waals surface area contributed by atoms with Crippen molar-refractivity contribution in [2.24, 2.45) is 0 Å². The second kappa shape index (κ2) is 14.9. The van der Waals surface area contributed by atoms with Crippen molar-refractivity contribution in [1.82, 2.24) is 0 Å². The first-order valence-corrected chi connectivity index (χ1v) is 14.4. The van der Waals surface area contributed by atoms with Crippen LogP contribution in [0.15, 0.2) is 53.0 Å². The van der Waals surface area contributed by atoms with Crippen molar-refractivity contribution >= 4 is 28.5 Å². The van der Waals surface area contributed by atoms with Crippen LogP contribution in [0.25, 0.3) is 11.1 Å². The lowest BCUT2D eigenvalue weighted by atomic mass is 9.78. The quantitative estimate of drug-likeness (QED) is 0.0891. The van der Waals surface area contributed by atoms with Gasteiger partial charge in [0.2, 0.25) is 5.82 Å². The molecule has 0 N–H and O–H groups in total. The highest BCUT2D eigenvalue weighted by molar-refractivity contribution is 9.10. The van der Waals surface area contributed by atoms with E-state index in [0.29, 0.717) is 5.56 Å². The summed E-state index contributed by atoms with van der Waals surface area (Å²) in [6.45, 7) is 9.09. The Balaban J connectivity index is 0.000000200. The second-order valence-electron chi connectivity index (χ2n) is 11.2. The molecule has 4 aromatic carbocycles. The maximum absolute atomic E-state index is 13.5. The number of hydrogen-bond acceptors (Lipinski definition) is 4. The smallest absolute Gasteiger partial charge is 0.399 e. The predicted molar refractivity (Wildman–Crippen MR) is 162 cm³/mol. The van der Waals surface area contributed by atoms with Crippen LogP contribution in [0.4, 0.5) is 39.5 Å². The third-order valence-corrected chi connectivity index (χ3v) is 8.16. The minimum Gasteiger partial charge on any atom is -0.399 e. The van der Waals surface area contributed by atoms with E-state index in [1.165, 1.54) is 12.1 Å². The topological polar surface area (TPSA) is 66.0 Å². The van der Waals surface area contributed by atoms with Crippen LogP contribution in [0, 0.1) is 81.9 Å². The van der Waals surface area contributed by atoms with Crippen LogP contribution in [0.2, 0.25) is 0 Å². The number of benzene rings is 4. The highest BCUT2D eigenvalue weighted by Gasteiger charge is 2.51. The summed E-state index contributed by atoms with van der Waals surface area (Å²) >= 11 is 2.46. The van der Waals surface area contributed by atoms with Gasteiger partial charge < -0.3 is 9.31 Å². The Morgan fingerprint density at radius 3 is 1.54 bits per heavy atom. The molecular weight excluding hydrogens is 718 g/mol. The Morgan fingerprint density at radius 2 is 1.04 bits per heavy atom. The van der Waals surface area contributed by atoms with E-state index in [1.807, 2.05) is 45.9 Å². The second-order valence-corrected chi connectivity index (χ2v) is 12.0. The van der Waals surface area contributed by atoms with Crippen LogP contribution in [0.3, 0.4) is 0 Å². The number of hydrogen-bond donors (Lipinski definition) is 0. The monoisotopic (exact) mass is 740 g/mol. The predicted octanol–water partition coefficient (Wildman–Crippen LogP) is 9.09. The van der Waals surface area contributed by atoms with Gasteiger partial charge in [0, 0.05) is 5.56 Å². The van der Waals surface area contributed by atoms with E-state index in [2.05, 4.69) is 22.0 Å². The number of halogens is 10. The van der Waals surface area contributed by atoms with Crippen LogP contribution in [-0.2, 0) is 9.31 Å². The van der Waals surface area contributed by atoms with E-state index in [4.69, 9.17) is 19.8 Å². The Morgan fingerprint density at radius 1 is 0.604 bits per heavy atom. The summed E-state index contributed by atoms with van der Waals surface area (Å²) < 4.78 is 127. The van der Waals surface area contributed by atoms with Gasteiger partial charge in [-0.1, -0.05) is 24.3 Å². The third-order valence-electron chi connectivity index (χ3n) is 7.46. The van der Waals surface area contributed by atoms with Gasteiger partial charge in [-0.05, 0) is 85.8 Å². The van der Waals surface area contributed by atoms with E-state index in [0.717, 1.165) is 24.5 Å². The molecule has 0 aromatic heterocycles. The van der Waals surface area contributed by atoms with Crippen molar-refractivity contribution in [3.8, 4) is 23.3 Å². The molecule has 0 radical (unpaired) electrons. The van der Waals surface area contributed by atoms with Crippen LogP contribution < -0.4 is 5.46 Å². The molecule has 5 rings (SSSR count). The van der Waals surface area contributed by atoms with Gasteiger partial charge in [0.05, 0.1) is 44.5 Å². The molecule has 0 bridgehead atoms. The van der Waals surface area contributed by atoms with Gasteiger partial charge in [-0.2, -0.15) is 10.5 Å². The first-order valence-electron chi connectivity index (χ1n) is 13.6. The normalized spacial score (nSPS) is 14.2. The number of nitriles is 2. The van der Waals surface area contributed by atoms with E-state index < -0.39 is 75.1 Å². The van der Waals surface area contributed by atoms with E-state index in [9.17, 15) is 39.5 Å². The van der Waals surface area contributed by atoms with Gasteiger partial charge >= 0.3 is 7.12 Å². The average Bonchev–Trinajstić information content (AvgIpc) is 3.30. The highest BCUT2D eigenvalue weighted by atomic mass is 79.9. The lowest BCUT2D eigenvalue weighted by Crippen LogP contribution is -2.41. The molecule has 0 amide bonds. The minimum absolute atomic E-state index is 0.0430. The van der Waals surface area contributed by atoms with Crippen molar-refractivity contribution in [3.05, 3.63) is 122 Å². The first-order chi connectivity index (χ1) is 22.3. The molecule has 0 spiro atoms. The Bertz CT molecular complexity index is 1810. The first kappa shape index (κ1) is 38.1. The summed E-state index contributed by atoms with van der Waals surface area (Å²) in [6, 6.07) is 16.0. The molecule has 15 heteroatoms. The Labute approximate surface area is 278 Å². The molecule has 1 heterocycles. The van der Waals surface area contributed by atoms with Crippen molar-refractivity contribution in [2.45, 2.75) is 45.8 Å². The van der Waals surface area contributed by atoms with Gasteiger partial charge in [-0.3, -0.25) is 0 Å². The summed E-state index contributed by atoms with van der Waals surface area (Å²) in [5.41, 5.74) is -0.983. The fraction of sp³-hybridized carbons (Fsp3) is 0.212. The molecule has 4 nitrogen and oxygen atoms in total. The van der Waals surface area contributed by atoms with E-state index in [-0.39, 0.29) is 22.3 Å². The lowest BCUT2D eigenvalue weighted by Gasteiger charge is -2.32. The molecule has 1 saturated heterocycles. The van der Waals surface area contributed by atoms with E-state index in [1.54, 1.807) is 12.1 Å². The van der Waals surface area contributed by atoms with Crippen molar-refractivity contribution in [3.63, 3.8) is 0 Å². The molecule has 1 fully saturated rings. The molecule has 250 valence electrons. The van der Waals surface area contributed by atoms with Crippen LogP contribution >= 0.6 is 15.9 Å². The van der Waals surface area contributed by atoms with Gasteiger partial charge in [-0.25, -0.2) is 39.5 Å². The molecule has 0 aliphatic carbocycles.